The maximum Gasteiger partial charge on any atom is 0.349 e. The number of benzene rings is 2. The topological polar surface area (TPSA) is 94.8 Å². The monoisotopic (exact) mass is 457 g/mol. The third-order valence-electron chi connectivity index (χ3n) is 4.78. The van der Waals surface area contributed by atoms with Crippen LogP contribution in [0.5, 0.6) is 11.5 Å². The number of fused-ring (bicyclic) bond motifs is 1. The van der Waals surface area contributed by atoms with Crippen LogP contribution in [0.3, 0.4) is 0 Å². The molecule has 0 spiro atoms. The molecule has 1 atom stereocenters. The lowest BCUT2D eigenvalue weighted by Crippen LogP contribution is -2.34. The van der Waals surface area contributed by atoms with Gasteiger partial charge in [-0.1, -0.05) is 18.5 Å². The van der Waals surface area contributed by atoms with E-state index in [2.05, 4.69) is 5.32 Å². The van der Waals surface area contributed by atoms with Crippen LogP contribution in [0.1, 0.15) is 43.5 Å². The fourth-order valence-corrected chi connectivity index (χ4v) is 2.96. The van der Waals surface area contributed by atoms with Gasteiger partial charge in [-0.2, -0.15) is 0 Å². The molecule has 1 unspecified atom stereocenters. The Morgan fingerprint density at radius 3 is 2.53 bits per heavy atom. The van der Waals surface area contributed by atoms with Crippen molar-refractivity contribution in [2.75, 3.05) is 6.61 Å². The van der Waals surface area contributed by atoms with Gasteiger partial charge in [-0.15, -0.1) is 0 Å². The quantitative estimate of drug-likeness (QED) is 0.216. The van der Waals surface area contributed by atoms with Gasteiger partial charge in [0.15, 0.2) is 0 Å². The number of halogens is 1. The average Bonchev–Trinajstić information content (AvgIpc) is 2.77. The highest BCUT2D eigenvalue weighted by molar-refractivity contribution is 6.30. The summed E-state index contributed by atoms with van der Waals surface area (Å²) in [6.07, 6.45) is 1.37. The molecule has 32 heavy (non-hydrogen) atoms. The molecular formula is C24H24ClNO6. The van der Waals surface area contributed by atoms with Crippen molar-refractivity contribution in [3.63, 3.8) is 0 Å². The second kappa shape index (κ2) is 10.8. The van der Waals surface area contributed by atoms with Crippen LogP contribution < -0.4 is 20.4 Å². The number of carbonyl (C=O) groups excluding carboxylic acids is 2. The van der Waals surface area contributed by atoms with E-state index in [4.69, 9.17) is 25.5 Å². The molecule has 0 radical (unpaired) electrons. The van der Waals surface area contributed by atoms with Gasteiger partial charge in [-0.05, 0) is 62.2 Å². The van der Waals surface area contributed by atoms with E-state index in [1.807, 2.05) is 13.8 Å². The number of hydrogen-bond donors (Lipinski definition) is 1. The van der Waals surface area contributed by atoms with Crippen LogP contribution in [0.4, 0.5) is 0 Å². The number of amides is 1. The van der Waals surface area contributed by atoms with Crippen molar-refractivity contribution in [2.45, 2.75) is 39.2 Å². The van der Waals surface area contributed by atoms with E-state index in [-0.39, 0.29) is 29.4 Å². The predicted molar refractivity (Wildman–Crippen MR) is 122 cm³/mol. The van der Waals surface area contributed by atoms with Crippen LogP contribution in [-0.2, 0) is 4.79 Å². The Labute approximate surface area is 190 Å². The zero-order valence-corrected chi connectivity index (χ0v) is 18.6. The third-order valence-corrected chi connectivity index (χ3v) is 5.03. The number of nitrogens with one attached hydrogen (secondary N) is 1. The minimum Gasteiger partial charge on any atom is -0.494 e. The zero-order chi connectivity index (χ0) is 23.1. The normalized spacial score (nSPS) is 11.7. The smallest absolute Gasteiger partial charge is 0.349 e. The summed E-state index contributed by atoms with van der Waals surface area (Å²) in [5.74, 6) is 0.00730. The standard InChI is InChI=1S/C24H24ClNO6/c1-3-15(2)26-23(28)20-13-16-6-9-19(14-21(16)32-24(20)29)31-22(27)5-4-12-30-18-10-7-17(25)8-11-18/h6-11,13-15H,3-5,12H2,1-2H3,(H,26,28). The summed E-state index contributed by atoms with van der Waals surface area (Å²) in [7, 11) is 0. The van der Waals surface area contributed by atoms with Gasteiger partial charge in [0.25, 0.3) is 5.91 Å². The Morgan fingerprint density at radius 1 is 1.09 bits per heavy atom. The first-order valence-corrected chi connectivity index (χ1v) is 10.7. The summed E-state index contributed by atoms with van der Waals surface area (Å²) in [5, 5.41) is 3.92. The molecule has 1 aromatic heterocycles. The van der Waals surface area contributed by atoms with Crippen molar-refractivity contribution in [3.8, 4) is 11.5 Å². The maximum atomic E-state index is 12.3. The zero-order valence-electron chi connectivity index (χ0n) is 17.9. The molecule has 0 saturated carbocycles. The molecule has 0 fully saturated rings. The van der Waals surface area contributed by atoms with Gasteiger partial charge in [-0.25, -0.2) is 4.79 Å². The van der Waals surface area contributed by atoms with Gasteiger partial charge in [0.05, 0.1) is 6.61 Å². The largest absolute Gasteiger partial charge is 0.494 e. The lowest BCUT2D eigenvalue weighted by atomic mass is 10.1. The van der Waals surface area contributed by atoms with Crippen LogP contribution in [-0.4, -0.2) is 24.5 Å². The van der Waals surface area contributed by atoms with E-state index < -0.39 is 17.5 Å². The van der Waals surface area contributed by atoms with Crippen molar-refractivity contribution in [1.82, 2.24) is 5.32 Å². The SMILES string of the molecule is CCC(C)NC(=O)c1cc2ccc(OC(=O)CCCOc3ccc(Cl)cc3)cc2oc1=O. The summed E-state index contributed by atoms with van der Waals surface area (Å²) >= 11 is 5.82. The summed E-state index contributed by atoms with van der Waals surface area (Å²) in [4.78, 5) is 36.6. The molecule has 0 aliphatic carbocycles. The Bertz CT molecular complexity index is 1160. The molecule has 0 aliphatic heterocycles. The molecule has 1 heterocycles. The lowest BCUT2D eigenvalue weighted by molar-refractivity contribution is -0.134. The molecule has 7 nitrogen and oxygen atoms in total. The summed E-state index contributed by atoms with van der Waals surface area (Å²) in [6.45, 7) is 4.14. The van der Waals surface area contributed by atoms with E-state index in [1.54, 1.807) is 36.4 Å². The van der Waals surface area contributed by atoms with Crippen LogP contribution in [0.2, 0.25) is 5.02 Å². The van der Waals surface area contributed by atoms with Gasteiger partial charge < -0.3 is 19.2 Å². The van der Waals surface area contributed by atoms with Gasteiger partial charge in [0, 0.05) is 28.9 Å². The Kier molecular flexibility index (Phi) is 7.89. The average molecular weight is 458 g/mol. The lowest BCUT2D eigenvalue weighted by Gasteiger charge is -2.11. The second-order valence-electron chi connectivity index (χ2n) is 7.31. The minimum absolute atomic E-state index is 0.0593. The Morgan fingerprint density at radius 2 is 1.81 bits per heavy atom. The van der Waals surface area contributed by atoms with E-state index >= 15 is 0 Å². The molecule has 3 aromatic rings. The van der Waals surface area contributed by atoms with Crippen molar-refractivity contribution < 1.29 is 23.5 Å². The molecular weight excluding hydrogens is 434 g/mol. The molecule has 0 bridgehead atoms. The molecule has 0 saturated heterocycles. The fourth-order valence-electron chi connectivity index (χ4n) is 2.84. The first kappa shape index (κ1) is 23.3. The highest BCUT2D eigenvalue weighted by Gasteiger charge is 2.16. The first-order valence-electron chi connectivity index (χ1n) is 10.3. The highest BCUT2D eigenvalue weighted by atomic mass is 35.5. The number of carbonyl (C=O) groups is 2. The van der Waals surface area contributed by atoms with Crippen molar-refractivity contribution in [2.24, 2.45) is 0 Å². The Hall–Kier alpha value is -3.32. The molecule has 1 N–H and O–H groups in total. The molecule has 168 valence electrons. The maximum absolute atomic E-state index is 12.3. The fraction of sp³-hybridized carbons (Fsp3) is 0.292. The predicted octanol–water partition coefficient (Wildman–Crippen LogP) is 4.74. The Balaban J connectivity index is 1.57. The number of rotatable bonds is 9. The van der Waals surface area contributed by atoms with E-state index in [9.17, 15) is 14.4 Å². The minimum atomic E-state index is -0.749. The number of hydrogen-bond acceptors (Lipinski definition) is 6. The van der Waals surface area contributed by atoms with Crippen molar-refractivity contribution in [1.29, 1.82) is 0 Å². The van der Waals surface area contributed by atoms with Gasteiger partial charge in [-0.3, -0.25) is 9.59 Å². The molecule has 2 aromatic carbocycles. The van der Waals surface area contributed by atoms with Crippen molar-refractivity contribution in [3.05, 3.63) is 69.5 Å². The van der Waals surface area contributed by atoms with E-state index in [0.717, 1.165) is 6.42 Å². The first-order chi connectivity index (χ1) is 15.4. The molecule has 3 rings (SSSR count). The van der Waals surface area contributed by atoms with Crippen LogP contribution in [0.25, 0.3) is 11.0 Å². The third kappa shape index (κ3) is 6.34. The molecule has 1 amide bonds. The van der Waals surface area contributed by atoms with Gasteiger partial charge in [0.2, 0.25) is 0 Å². The number of esters is 1. The van der Waals surface area contributed by atoms with Crippen LogP contribution >= 0.6 is 11.6 Å². The van der Waals surface area contributed by atoms with Crippen LogP contribution in [0.15, 0.2) is 57.7 Å². The highest BCUT2D eigenvalue weighted by Crippen LogP contribution is 2.21. The van der Waals surface area contributed by atoms with E-state index in [0.29, 0.717) is 29.2 Å². The summed E-state index contributed by atoms with van der Waals surface area (Å²) < 4.78 is 16.1. The van der Waals surface area contributed by atoms with Crippen LogP contribution in [0, 0.1) is 0 Å². The molecule has 8 heteroatoms. The second-order valence-corrected chi connectivity index (χ2v) is 7.75. The summed E-state index contributed by atoms with van der Waals surface area (Å²) in [5.41, 5.74) is -0.587. The van der Waals surface area contributed by atoms with Gasteiger partial charge >= 0.3 is 11.6 Å². The van der Waals surface area contributed by atoms with E-state index in [1.165, 1.54) is 12.1 Å². The van der Waals surface area contributed by atoms with Gasteiger partial charge in [0.1, 0.15) is 22.6 Å². The molecule has 0 aliphatic rings. The van der Waals surface area contributed by atoms with Crippen molar-refractivity contribution >= 4 is 34.4 Å². The summed E-state index contributed by atoms with van der Waals surface area (Å²) in [6, 6.07) is 13.0. The number of ether oxygens (including phenoxy) is 2.